The fourth-order valence-corrected chi connectivity index (χ4v) is 4.30. The highest BCUT2D eigenvalue weighted by molar-refractivity contribution is 7.08. The number of piperazine rings is 1. The predicted molar refractivity (Wildman–Crippen MR) is 116 cm³/mol. The van der Waals surface area contributed by atoms with E-state index in [9.17, 15) is 4.79 Å². The van der Waals surface area contributed by atoms with Gasteiger partial charge in [-0.15, -0.1) is 5.10 Å². The number of hydrogen-bond acceptors (Lipinski definition) is 6. The van der Waals surface area contributed by atoms with Crippen LogP contribution in [0.2, 0.25) is 0 Å². The van der Waals surface area contributed by atoms with Crippen LogP contribution in [0, 0.1) is 13.8 Å². The first kappa shape index (κ1) is 19.4. The molecule has 0 N–H and O–H groups in total. The molecule has 3 aromatic rings. The fourth-order valence-electron chi connectivity index (χ4n) is 3.64. The third-order valence-corrected chi connectivity index (χ3v) is 6.24. The van der Waals surface area contributed by atoms with Gasteiger partial charge < -0.3 is 14.5 Å². The Morgan fingerprint density at radius 2 is 1.76 bits per heavy atom. The molecule has 1 aliphatic heterocycles. The Balaban J connectivity index is 1.48. The minimum atomic E-state index is 0.00596. The molecule has 1 aromatic heterocycles. The van der Waals surface area contributed by atoms with Crippen molar-refractivity contribution in [3.05, 3.63) is 58.5 Å². The number of anilines is 1. The summed E-state index contributed by atoms with van der Waals surface area (Å²) < 4.78 is 9.25. The molecule has 1 fully saturated rings. The second-order valence-electron chi connectivity index (χ2n) is 7.18. The van der Waals surface area contributed by atoms with Gasteiger partial charge in [0.15, 0.2) is 0 Å². The molecule has 1 saturated heterocycles. The van der Waals surface area contributed by atoms with E-state index >= 15 is 0 Å². The summed E-state index contributed by atoms with van der Waals surface area (Å²) >= 11 is 1.16. The SMILES string of the molecule is COc1ccc(-c2nnsc2C(=O)N2CCN(c3cccc(C)c3C)CC2)cc1. The molecule has 1 aliphatic rings. The summed E-state index contributed by atoms with van der Waals surface area (Å²) in [5.41, 5.74) is 5.37. The van der Waals surface area contributed by atoms with E-state index in [1.807, 2.05) is 29.2 Å². The van der Waals surface area contributed by atoms with Crippen molar-refractivity contribution in [3.63, 3.8) is 0 Å². The van der Waals surface area contributed by atoms with Crippen LogP contribution >= 0.6 is 11.5 Å². The van der Waals surface area contributed by atoms with Crippen molar-refractivity contribution in [2.75, 3.05) is 38.2 Å². The number of rotatable bonds is 4. The van der Waals surface area contributed by atoms with E-state index in [-0.39, 0.29) is 5.91 Å². The van der Waals surface area contributed by atoms with Crippen molar-refractivity contribution in [3.8, 4) is 17.0 Å². The lowest BCUT2D eigenvalue weighted by atomic mass is 10.1. The van der Waals surface area contributed by atoms with Crippen LogP contribution in [0.1, 0.15) is 20.8 Å². The van der Waals surface area contributed by atoms with Gasteiger partial charge in [0.05, 0.1) is 7.11 Å². The molecule has 0 bridgehead atoms. The highest BCUT2D eigenvalue weighted by Crippen LogP contribution is 2.28. The van der Waals surface area contributed by atoms with Gasteiger partial charge in [-0.1, -0.05) is 16.6 Å². The van der Waals surface area contributed by atoms with Crippen LogP contribution in [0.4, 0.5) is 5.69 Å². The van der Waals surface area contributed by atoms with Crippen molar-refractivity contribution < 1.29 is 9.53 Å². The van der Waals surface area contributed by atoms with Gasteiger partial charge in [-0.3, -0.25) is 4.79 Å². The van der Waals surface area contributed by atoms with Crippen molar-refractivity contribution in [2.24, 2.45) is 0 Å². The number of benzene rings is 2. The Morgan fingerprint density at radius 1 is 1.03 bits per heavy atom. The maximum Gasteiger partial charge on any atom is 0.268 e. The summed E-state index contributed by atoms with van der Waals surface area (Å²) in [6, 6.07) is 13.9. The lowest BCUT2D eigenvalue weighted by Crippen LogP contribution is -2.49. The van der Waals surface area contributed by atoms with Gasteiger partial charge in [0, 0.05) is 37.4 Å². The summed E-state index contributed by atoms with van der Waals surface area (Å²) in [6.07, 6.45) is 0. The van der Waals surface area contributed by atoms with Crippen molar-refractivity contribution in [2.45, 2.75) is 13.8 Å². The molecule has 0 unspecified atom stereocenters. The maximum atomic E-state index is 13.2. The summed E-state index contributed by atoms with van der Waals surface area (Å²) in [5, 5.41) is 4.21. The predicted octanol–water partition coefficient (Wildman–Crippen LogP) is 3.79. The number of carbonyl (C=O) groups excluding carboxylic acids is 1. The van der Waals surface area contributed by atoms with E-state index in [0.717, 1.165) is 35.9 Å². The molecule has 7 heteroatoms. The first-order valence-electron chi connectivity index (χ1n) is 9.65. The highest BCUT2D eigenvalue weighted by Gasteiger charge is 2.27. The van der Waals surface area contributed by atoms with Gasteiger partial charge in [-0.25, -0.2) is 0 Å². The molecular weight excluding hydrogens is 384 g/mol. The molecule has 29 heavy (non-hydrogen) atoms. The van der Waals surface area contributed by atoms with E-state index in [0.29, 0.717) is 23.7 Å². The maximum absolute atomic E-state index is 13.2. The minimum Gasteiger partial charge on any atom is -0.497 e. The summed E-state index contributed by atoms with van der Waals surface area (Å²) in [6.45, 7) is 7.31. The Labute approximate surface area is 174 Å². The van der Waals surface area contributed by atoms with Crippen LogP contribution in [0.25, 0.3) is 11.3 Å². The van der Waals surface area contributed by atoms with Crippen LogP contribution in [0.5, 0.6) is 5.75 Å². The molecule has 0 atom stereocenters. The Hall–Kier alpha value is -2.93. The van der Waals surface area contributed by atoms with Gasteiger partial charge in [-0.05, 0) is 66.8 Å². The average molecular weight is 409 g/mol. The fraction of sp³-hybridized carbons (Fsp3) is 0.318. The molecule has 0 aliphatic carbocycles. The Kier molecular flexibility index (Phi) is 5.49. The quantitative estimate of drug-likeness (QED) is 0.657. The molecule has 2 aromatic carbocycles. The molecule has 2 heterocycles. The van der Waals surface area contributed by atoms with Crippen LogP contribution in [-0.4, -0.2) is 53.7 Å². The van der Waals surface area contributed by atoms with Gasteiger partial charge >= 0.3 is 0 Å². The lowest BCUT2D eigenvalue weighted by molar-refractivity contribution is 0.0752. The highest BCUT2D eigenvalue weighted by atomic mass is 32.1. The second kappa shape index (κ2) is 8.21. The molecule has 0 radical (unpaired) electrons. The number of aryl methyl sites for hydroxylation is 1. The second-order valence-corrected chi connectivity index (χ2v) is 7.93. The molecule has 150 valence electrons. The monoisotopic (exact) mass is 408 g/mol. The zero-order valence-corrected chi connectivity index (χ0v) is 17.7. The minimum absolute atomic E-state index is 0.00596. The molecule has 6 nitrogen and oxygen atoms in total. The third-order valence-electron chi connectivity index (χ3n) is 5.53. The van der Waals surface area contributed by atoms with Crippen LogP contribution in [0.15, 0.2) is 42.5 Å². The zero-order chi connectivity index (χ0) is 20.4. The molecule has 1 amide bonds. The van der Waals surface area contributed by atoms with Crippen LogP contribution in [0.3, 0.4) is 0 Å². The van der Waals surface area contributed by atoms with Crippen LogP contribution < -0.4 is 9.64 Å². The van der Waals surface area contributed by atoms with E-state index in [1.165, 1.54) is 16.8 Å². The van der Waals surface area contributed by atoms with E-state index in [1.54, 1.807) is 7.11 Å². The van der Waals surface area contributed by atoms with Gasteiger partial charge in [0.25, 0.3) is 5.91 Å². The Bertz CT molecular complexity index is 1010. The van der Waals surface area contributed by atoms with Crippen molar-refractivity contribution in [1.29, 1.82) is 0 Å². The van der Waals surface area contributed by atoms with E-state index in [2.05, 4.69) is 46.5 Å². The van der Waals surface area contributed by atoms with Crippen molar-refractivity contribution >= 4 is 23.1 Å². The first-order valence-corrected chi connectivity index (χ1v) is 10.4. The third kappa shape index (κ3) is 3.82. The topological polar surface area (TPSA) is 58.6 Å². The number of nitrogens with zero attached hydrogens (tertiary/aromatic N) is 4. The number of ether oxygens (including phenoxy) is 1. The number of aromatic nitrogens is 2. The molecule has 4 rings (SSSR count). The smallest absolute Gasteiger partial charge is 0.268 e. The Morgan fingerprint density at radius 3 is 2.45 bits per heavy atom. The van der Waals surface area contributed by atoms with Gasteiger partial charge in [0.2, 0.25) is 0 Å². The molecular formula is C22H24N4O2S. The lowest BCUT2D eigenvalue weighted by Gasteiger charge is -2.36. The first-order chi connectivity index (χ1) is 14.1. The number of methoxy groups -OCH3 is 1. The molecule has 0 spiro atoms. The van der Waals surface area contributed by atoms with Crippen molar-refractivity contribution in [1.82, 2.24) is 14.5 Å². The average Bonchev–Trinajstić information content (AvgIpc) is 3.25. The summed E-state index contributed by atoms with van der Waals surface area (Å²) in [5.74, 6) is 0.777. The van der Waals surface area contributed by atoms with Crippen LogP contribution in [-0.2, 0) is 0 Å². The van der Waals surface area contributed by atoms with Gasteiger partial charge in [-0.2, -0.15) is 0 Å². The van der Waals surface area contributed by atoms with E-state index < -0.39 is 0 Å². The van der Waals surface area contributed by atoms with Gasteiger partial charge in [0.1, 0.15) is 16.3 Å². The van der Waals surface area contributed by atoms with E-state index in [4.69, 9.17) is 4.74 Å². The standard InChI is InChI=1S/C22H24N4O2S/c1-15-5-4-6-19(16(15)2)25-11-13-26(14-12-25)22(27)21-20(23-24-29-21)17-7-9-18(28-3)10-8-17/h4-10H,11-14H2,1-3H3. The normalized spacial score (nSPS) is 14.2. The zero-order valence-electron chi connectivity index (χ0n) is 16.9. The summed E-state index contributed by atoms with van der Waals surface area (Å²) in [7, 11) is 1.63. The number of carbonyl (C=O) groups is 1. The molecule has 0 saturated carbocycles. The number of amides is 1. The number of hydrogen-bond donors (Lipinski definition) is 0. The summed E-state index contributed by atoms with van der Waals surface area (Å²) in [4.78, 5) is 18.0. The largest absolute Gasteiger partial charge is 0.497 e.